The third-order valence-corrected chi connectivity index (χ3v) is 7.73. The molecule has 0 radical (unpaired) electrons. The quantitative estimate of drug-likeness (QED) is 0.728. The first-order chi connectivity index (χ1) is 15.5. The number of methoxy groups -OCH3 is 1. The summed E-state index contributed by atoms with van der Waals surface area (Å²) in [4.78, 5) is 27.7. The summed E-state index contributed by atoms with van der Waals surface area (Å²) in [5.74, 6) is 1.46. The molecule has 7 heteroatoms. The van der Waals surface area contributed by atoms with Crippen LogP contribution in [0.5, 0.6) is 5.75 Å². The van der Waals surface area contributed by atoms with E-state index in [-0.39, 0.29) is 11.6 Å². The normalized spacial score (nSPS) is 21.1. The summed E-state index contributed by atoms with van der Waals surface area (Å²) in [6.45, 7) is 1.76. The molecule has 3 N–H and O–H groups in total. The Morgan fingerprint density at radius 3 is 2.38 bits per heavy atom. The Morgan fingerprint density at radius 2 is 1.81 bits per heavy atom. The van der Waals surface area contributed by atoms with Gasteiger partial charge in [-0.05, 0) is 68.1 Å². The molecule has 4 aliphatic rings. The van der Waals surface area contributed by atoms with E-state index in [1.165, 1.54) is 18.5 Å². The van der Waals surface area contributed by atoms with E-state index in [0.29, 0.717) is 37.0 Å². The predicted octanol–water partition coefficient (Wildman–Crippen LogP) is 3.61. The van der Waals surface area contributed by atoms with Crippen LogP contribution in [0.15, 0.2) is 24.3 Å². The van der Waals surface area contributed by atoms with Crippen LogP contribution >= 0.6 is 0 Å². The lowest BCUT2D eigenvalue weighted by molar-refractivity contribution is 0.0997. The number of carbonyl (C=O) groups excluding carboxylic acids is 2. The van der Waals surface area contributed by atoms with Crippen LogP contribution in [0.25, 0.3) is 11.1 Å². The number of nitrogens with zero attached hydrogens (tertiary/aromatic N) is 2. The van der Waals surface area contributed by atoms with Crippen LogP contribution in [0, 0.1) is 5.92 Å². The molecule has 0 bridgehead atoms. The summed E-state index contributed by atoms with van der Waals surface area (Å²) in [7, 11) is 1.64. The van der Waals surface area contributed by atoms with E-state index >= 15 is 0 Å². The predicted molar refractivity (Wildman–Crippen MR) is 121 cm³/mol. The molecule has 7 nitrogen and oxygen atoms in total. The van der Waals surface area contributed by atoms with Crippen LogP contribution in [0.4, 0.5) is 4.79 Å². The molecule has 0 spiro atoms. The van der Waals surface area contributed by atoms with Gasteiger partial charge in [0.15, 0.2) is 0 Å². The van der Waals surface area contributed by atoms with Gasteiger partial charge in [0.1, 0.15) is 5.75 Å². The second kappa shape index (κ2) is 7.02. The molecular weight excluding hydrogens is 404 g/mol. The molecule has 3 fully saturated rings. The summed E-state index contributed by atoms with van der Waals surface area (Å²) < 4.78 is 7.59. The van der Waals surface area contributed by atoms with Crippen molar-refractivity contribution in [2.45, 2.75) is 63.1 Å². The average molecular weight is 435 g/mol. The first kappa shape index (κ1) is 19.7. The van der Waals surface area contributed by atoms with Gasteiger partial charge in [0.05, 0.1) is 24.9 Å². The highest BCUT2D eigenvalue weighted by molar-refractivity contribution is 6.02. The molecule has 0 saturated heterocycles. The van der Waals surface area contributed by atoms with Gasteiger partial charge in [-0.25, -0.2) is 4.79 Å². The topological polar surface area (TPSA) is 89.6 Å². The minimum Gasteiger partial charge on any atom is -0.497 e. The van der Waals surface area contributed by atoms with Crippen LogP contribution in [-0.4, -0.2) is 40.6 Å². The number of primary amides is 1. The lowest BCUT2D eigenvalue weighted by Crippen LogP contribution is -2.49. The van der Waals surface area contributed by atoms with Crippen LogP contribution in [0.3, 0.4) is 0 Å². The number of aromatic nitrogens is 1. The molecule has 0 unspecified atom stereocenters. The maximum absolute atomic E-state index is 13.1. The van der Waals surface area contributed by atoms with Crippen molar-refractivity contribution in [2.24, 2.45) is 11.7 Å². The fraction of sp³-hybridized carbons (Fsp3) is 0.520. The molecule has 6 rings (SSSR count). The number of benzene rings is 1. The van der Waals surface area contributed by atoms with E-state index in [1.54, 1.807) is 7.11 Å². The van der Waals surface area contributed by atoms with E-state index < -0.39 is 5.91 Å². The van der Waals surface area contributed by atoms with Gasteiger partial charge in [-0.3, -0.25) is 4.79 Å². The molecule has 0 atom stereocenters. The van der Waals surface area contributed by atoms with E-state index in [2.05, 4.69) is 9.88 Å². The van der Waals surface area contributed by atoms with Crippen molar-refractivity contribution in [2.75, 3.05) is 13.7 Å². The van der Waals surface area contributed by atoms with Gasteiger partial charge in [-0.1, -0.05) is 12.1 Å². The van der Waals surface area contributed by atoms with Crippen molar-refractivity contribution < 1.29 is 14.3 Å². The minimum absolute atomic E-state index is 0.00348. The highest BCUT2D eigenvalue weighted by Gasteiger charge is 2.55. The Labute approximate surface area is 187 Å². The van der Waals surface area contributed by atoms with Crippen molar-refractivity contribution in [1.82, 2.24) is 14.8 Å². The number of amides is 3. The zero-order valence-corrected chi connectivity index (χ0v) is 18.5. The third-order valence-electron chi connectivity index (χ3n) is 7.73. The van der Waals surface area contributed by atoms with Gasteiger partial charge in [0.2, 0.25) is 0 Å². The number of rotatable bonds is 6. The van der Waals surface area contributed by atoms with Crippen LogP contribution < -0.4 is 15.8 Å². The maximum atomic E-state index is 13.1. The van der Waals surface area contributed by atoms with Gasteiger partial charge >= 0.3 is 6.03 Å². The Bertz CT molecular complexity index is 1090. The van der Waals surface area contributed by atoms with Gasteiger partial charge in [-0.2, -0.15) is 0 Å². The zero-order chi connectivity index (χ0) is 22.0. The number of ether oxygens (including phenoxy) is 1. The SMILES string of the molecule is COc1ccc(-c2c(C(N)=O)c3n(c2C2CC2)CCN(C(=O)NC2(C4CC4)CC2)C3)cc1. The maximum Gasteiger partial charge on any atom is 0.318 e. The number of hydrogen-bond acceptors (Lipinski definition) is 3. The van der Waals surface area contributed by atoms with E-state index in [9.17, 15) is 9.59 Å². The fourth-order valence-corrected chi connectivity index (χ4v) is 5.56. The number of urea groups is 1. The Balaban J connectivity index is 1.37. The summed E-state index contributed by atoms with van der Waals surface area (Å²) in [5, 5.41) is 3.33. The minimum atomic E-state index is -0.426. The molecule has 32 heavy (non-hydrogen) atoms. The highest BCUT2D eigenvalue weighted by atomic mass is 16.5. The van der Waals surface area contributed by atoms with Gasteiger partial charge in [0.25, 0.3) is 5.91 Å². The number of nitrogens with one attached hydrogen (secondary N) is 1. The lowest BCUT2D eigenvalue weighted by atomic mass is 9.97. The number of nitrogens with two attached hydrogens (primary N) is 1. The van der Waals surface area contributed by atoms with E-state index in [1.807, 2.05) is 29.2 Å². The van der Waals surface area contributed by atoms with Crippen molar-refractivity contribution >= 4 is 11.9 Å². The standard InChI is InChI=1S/C25H30N4O3/c1-32-18-8-4-15(5-9-18)20-21(23(26)30)19-14-28(12-13-29(19)22(20)16-2-3-16)24(31)27-25(10-11-25)17-6-7-17/h4-5,8-9,16-17H,2-3,6-7,10-14H2,1H3,(H2,26,30)(H,27,31). The van der Waals surface area contributed by atoms with Gasteiger partial charge in [-0.15, -0.1) is 0 Å². The molecule has 3 aliphatic carbocycles. The van der Waals surface area contributed by atoms with E-state index in [0.717, 1.165) is 48.3 Å². The second-order valence-corrected chi connectivity index (χ2v) is 9.88. The summed E-state index contributed by atoms with van der Waals surface area (Å²) in [5.41, 5.74) is 10.6. The number of fused-ring (bicyclic) bond motifs is 1. The summed E-state index contributed by atoms with van der Waals surface area (Å²) >= 11 is 0. The van der Waals surface area contributed by atoms with Crippen molar-refractivity contribution in [3.8, 4) is 16.9 Å². The van der Waals surface area contributed by atoms with Gasteiger partial charge in [0, 0.05) is 29.9 Å². The number of hydrogen-bond donors (Lipinski definition) is 2. The van der Waals surface area contributed by atoms with Crippen LogP contribution in [-0.2, 0) is 13.1 Å². The first-order valence-electron chi connectivity index (χ1n) is 11.8. The lowest BCUT2D eigenvalue weighted by Gasteiger charge is -2.32. The molecule has 3 saturated carbocycles. The molecule has 2 aromatic rings. The monoisotopic (exact) mass is 434 g/mol. The second-order valence-electron chi connectivity index (χ2n) is 9.88. The molecule has 168 valence electrons. The highest BCUT2D eigenvalue weighted by Crippen LogP contribution is 2.54. The Kier molecular flexibility index (Phi) is 4.32. The number of carbonyl (C=O) groups is 2. The average Bonchev–Trinajstić information content (AvgIpc) is 3.65. The molecule has 1 aliphatic heterocycles. The van der Waals surface area contributed by atoms with E-state index in [4.69, 9.17) is 10.5 Å². The largest absolute Gasteiger partial charge is 0.497 e. The van der Waals surface area contributed by atoms with Crippen molar-refractivity contribution in [3.05, 3.63) is 41.2 Å². The molecule has 2 heterocycles. The first-order valence-corrected chi connectivity index (χ1v) is 11.8. The van der Waals surface area contributed by atoms with Crippen molar-refractivity contribution in [3.63, 3.8) is 0 Å². The molecular formula is C25H30N4O3. The molecule has 1 aromatic heterocycles. The Hall–Kier alpha value is -2.96. The third kappa shape index (κ3) is 3.17. The molecule has 1 aromatic carbocycles. The summed E-state index contributed by atoms with van der Waals surface area (Å²) in [6.07, 6.45) is 6.88. The van der Waals surface area contributed by atoms with Gasteiger partial charge < -0.3 is 25.3 Å². The van der Waals surface area contributed by atoms with Crippen molar-refractivity contribution in [1.29, 1.82) is 0 Å². The van der Waals surface area contributed by atoms with Crippen LogP contribution in [0.2, 0.25) is 0 Å². The molecule has 3 amide bonds. The summed E-state index contributed by atoms with van der Waals surface area (Å²) in [6, 6.07) is 7.82. The fourth-order valence-electron chi connectivity index (χ4n) is 5.56. The van der Waals surface area contributed by atoms with Crippen LogP contribution in [0.1, 0.15) is 66.2 Å². The smallest absolute Gasteiger partial charge is 0.318 e. The Morgan fingerprint density at radius 1 is 1.09 bits per heavy atom. The zero-order valence-electron chi connectivity index (χ0n) is 18.5.